The molecule has 0 aromatic carbocycles. The molecular weight excluding hydrogens is 586 g/mol. The molecule has 2 unspecified atom stereocenters. The second kappa shape index (κ2) is 15.9. The van der Waals surface area contributed by atoms with Crippen LogP contribution in [0, 0.1) is 0 Å². The molecule has 0 spiro atoms. The number of aliphatic hydroxyl groups is 2. The van der Waals surface area contributed by atoms with Crippen LogP contribution in [0.25, 0.3) is 11.2 Å². The number of imidazole rings is 1. The van der Waals surface area contributed by atoms with Crippen LogP contribution >= 0.6 is 18.9 Å². The van der Waals surface area contributed by atoms with E-state index in [1.807, 2.05) is 11.5 Å². The number of rotatable bonds is 12. The number of hydrogen-bond acceptors (Lipinski definition) is 13. The maximum atomic E-state index is 12.0. The lowest BCUT2D eigenvalue weighted by Crippen LogP contribution is -2.28. The number of aromatic nitrogens is 6. The Bertz CT molecular complexity index is 1330. The molecule has 0 amide bonds. The molecule has 4 N–H and O–H groups in total. The molecule has 3 aromatic heterocycles. The maximum absolute atomic E-state index is 12.0. The Hall–Kier alpha value is -2.35. The topological polar surface area (TPSA) is 180 Å². The van der Waals surface area contributed by atoms with Crippen molar-refractivity contribution in [3.8, 4) is 0 Å². The summed E-state index contributed by atoms with van der Waals surface area (Å²) in [6, 6.07) is 1.73. The summed E-state index contributed by atoms with van der Waals surface area (Å²) >= 11 is 0. The lowest BCUT2D eigenvalue weighted by Gasteiger charge is -2.15. The second-order valence-corrected chi connectivity index (χ2v) is 10.6. The fourth-order valence-corrected chi connectivity index (χ4v) is 5.06. The maximum Gasteiger partial charge on any atom is 0.351 e. The number of ether oxygens (including phenoxy) is 2. The van der Waals surface area contributed by atoms with Crippen molar-refractivity contribution >= 4 is 41.7 Å². The van der Waals surface area contributed by atoms with E-state index < -0.39 is 30.2 Å². The van der Waals surface area contributed by atoms with Gasteiger partial charge in [0, 0.05) is 51.1 Å². The Kier molecular flexibility index (Phi) is 12.3. The molecule has 3 aromatic rings. The van der Waals surface area contributed by atoms with Crippen molar-refractivity contribution in [1.29, 1.82) is 0 Å². The number of nitrogens with zero attached hydrogens (tertiary/aromatic N) is 6. The lowest BCUT2D eigenvalue weighted by atomic mass is 10.2. The number of nitrogens with one attached hydrogen (secondary N) is 2. The molecule has 2 saturated heterocycles. The average molecular weight is 627 g/mol. The van der Waals surface area contributed by atoms with Crippen molar-refractivity contribution in [1.82, 2.24) is 29.1 Å². The Morgan fingerprint density at radius 2 is 1.57 bits per heavy atom. The second-order valence-electron chi connectivity index (χ2n) is 9.93. The highest BCUT2D eigenvalue weighted by Crippen LogP contribution is 2.32. The molecule has 5 rings (SSSR count). The SMILES string of the molecule is CCCNc1ccn([C@H]2C[C@@H](O)[C@@H](COP)O2)c(=O)n1.CCCNc1ncnc2c1ncn2[C@H]1C[C@@H](O)[C@@H](COP)O1. The predicted octanol–water partition coefficient (Wildman–Crippen LogP) is 1.62. The summed E-state index contributed by atoms with van der Waals surface area (Å²) in [6.45, 7) is 6.31. The van der Waals surface area contributed by atoms with Crippen LogP contribution in [0.1, 0.15) is 52.0 Å². The lowest BCUT2D eigenvalue weighted by molar-refractivity contribution is -0.0382. The summed E-state index contributed by atoms with van der Waals surface area (Å²) in [5.74, 6) is 1.27. The quantitative estimate of drug-likeness (QED) is 0.213. The zero-order valence-electron chi connectivity index (χ0n) is 23.7. The first-order chi connectivity index (χ1) is 20.4. The Balaban J connectivity index is 0.000000194. The molecule has 8 atom stereocenters. The van der Waals surface area contributed by atoms with Gasteiger partial charge in [-0.05, 0) is 18.9 Å². The van der Waals surface area contributed by atoms with E-state index >= 15 is 0 Å². The summed E-state index contributed by atoms with van der Waals surface area (Å²) in [7, 11) is 4.29. The highest BCUT2D eigenvalue weighted by molar-refractivity contribution is 7.10. The molecule has 0 saturated carbocycles. The van der Waals surface area contributed by atoms with Gasteiger partial charge in [-0.1, -0.05) is 13.8 Å². The van der Waals surface area contributed by atoms with Crippen LogP contribution in [0.3, 0.4) is 0 Å². The molecule has 2 aliphatic heterocycles. The number of aliphatic hydroxyl groups excluding tert-OH is 2. The molecule has 42 heavy (non-hydrogen) atoms. The van der Waals surface area contributed by atoms with Crippen molar-refractivity contribution in [2.75, 3.05) is 36.9 Å². The van der Waals surface area contributed by atoms with Gasteiger partial charge in [0.1, 0.15) is 36.8 Å². The van der Waals surface area contributed by atoms with E-state index in [-0.39, 0.29) is 18.9 Å². The van der Waals surface area contributed by atoms with Crippen LogP contribution in [0.4, 0.5) is 11.6 Å². The fourth-order valence-electron chi connectivity index (χ4n) is 4.68. The van der Waals surface area contributed by atoms with Crippen LogP contribution in [-0.4, -0.2) is 90.0 Å². The first-order valence-electron chi connectivity index (χ1n) is 13.9. The Morgan fingerprint density at radius 1 is 0.952 bits per heavy atom. The summed E-state index contributed by atoms with van der Waals surface area (Å²) in [4.78, 5) is 28.9. The van der Waals surface area contributed by atoms with E-state index in [0.717, 1.165) is 25.9 Å². The molecule has 0 aliphatic carbocycles. The van der Waals surface area contributed by atoms with Gasteiger partial charge in [-0.15, -0.1) is 0 Å². The number of hydrogen-bond donors (Lipinski definition) is 4. The third-order valence-corrected chi connectivity index (χ3v) is 7.22. The summed E-state index contributed by atoms with van der Waals surface area (Å²) < 4.78 is 24.6. The zero-order valence-corrected chi connectivity index (χ0v) is 26.0. The predicted molar refractivity (Wildman–Crippen MR) is 162 cm³/mol. The van der Waals surface area contributed by atoms with Gasteiger partial charge in [-0.2, -0.15) is 4.98 Å². The summed E-state index contributed by atoms with van der Waals surface area (Å²) in [6.07, 6.45) is 4.80. The molecule has 15 nitrogen and oxygen atoms in total. The van der Waals surface area contributed by atoms with Gasteiger partial charge in [-0.25, -0.2) is 19.7 Å². The van der Waals surface area contributed by atoms with E-state index in [1.165, 1.54) is 10.9 Å². The van der Waals surface area contributed by atoms with Crippen molar-refractivity contribution < 1.29 is 28.7 Å². The van der Waals surface area contributed by atoms with Crippen molar-refractivity contribution in [2.24, 2.45) is 0 Å². The minimum atomic E-state index is -0.648. The zero-order chi connectivity index (χ0) is 30.1. The minimum Gasteiger partial charge on any atom is -0.390 e. The van der Waals surface area contributed by atoms with Gasteiger partial charge in [0.15, 0.2) is 17.0 Å². The Labute approximate surface area is 248 Å². The van der Waals surface area contributed by atoms with E-state index in [1.54, 1.807) is 18.6 Å². The van der Waals surface area contributed by atoms with Crippen molar-refractivity contribution in [2.45, 2.75) is 76.4 Å². The van der Waals surface area contributed by atoms with Crippen LogP contribution in [0.2, 0.25) is 0 Å². The van der Waals surface area contributed by atoms with Gasteiger partial charge in [0.25, 0.3) is 0 Å². The summed E-state index contributed by atoms with van der Waals surface area (Å²) in [5.41, 5.74) is 1.01. The van der Waals surface area contributed by atoms with Crippen molar-refractivity contribution in [3.05, 3.63) is 35.4 Å². The van der Waals surface area contributed by atoms with Crippen LogP contribution in [-0.2, 0) is 18.5 Å². The van der Waals surface area contributed by atoms with E-state index in [2.05, 4.69) is 56.4 Å². The van der Waals surface area contributed by atoms with Gasteiger partial charge in [0.2, 0.25) is 0 Å². The largest absolute Gasteiger partial charge is 0.390 e. The highest BCUT2D eigenvalue weighted by atomic mass is 31.0. The van der Waals surface area contributed by atoms with Crippen LogP contribution in [0.5, 0.6) is 0 Å². The fraction of sp³-hybridized carbons (Fsp3) is 0.640. The first-order valence-corrected chi connectivity index (χ1v) is 14.9. The van der Waals surface area contributed by atoms with E-state index in [0.29, 0.717) is 42.2 Å². The van der Waals surface area contributed by atoms with Gasteiger partial charge in [0.05, 0.1) is 31.7 Å². The monoisotopic (exact) mass is 626 g/mol. The van der Waals surface area contributed by atoms with Gasteiger partial charge >= 0.3 is 5.69 Å². The average Bonchev–Trinajstić information content (AvgIpc) is 3.68. The van der Waals surface area contributed by atoms with Gasteiger partial charge < -0.3 is 39.4 Å². The molecule has 0 radical (unpaired) electrons. The first kappa shape index (κ1) is 32.6. The highest BCUT2D eigenvalue weighted by Gasteiger charge is 2.36. The standard InChI is InChI=1S/C13H20N5O3P.C12H20N3O4P/c1-2-3-14-12-11-13(16-6-15-12)18(7-17-11)10-4-8(19)9(21-10)5-20-22;1-2-4-13-10-3-5-15(12(17)14-10)11-6-8(16)9(19-11)7-18-20/h6-10,19H,2-5,22H2,1H3,(H,14,15,16);3,5,8-9,11,16H,2,4,6-7,20H2,1H3,(H,13,14,17)/t8-,9-,10-;8-,9-,11-/m11/s1. The minimum absolute atomic E-state index is 0.265. The van der Waals surface area contributed by atoms with Crippen molar-refractivity contribution in [3.63, 3.8) is 0 Å². The van der Waals surface area contributed by atoms with Gasteiger partial charge in [-0.3, -0.25) is 9.13 Å². The Morgan fingerprint density at radius 3 is 2.17 bits per heavy atom. The number of fused-ring (bicyclic) bond motifs is 1. The molecule has 2 fully saturated rings. The van der Waals surface area contributed by atoms with E-state index in [9.17, 15) is 15.0 Å². The smallest absolute Gasteiger partial charge is 0.351 e. The van der Waals surface area contributed by atoms with Crippen LogP contribution in [0.15, 0.2) is 29.7 Å². The molecule has 232 valence electrons. The summed E-state index contributed by atoms with van der Waals surface area (Å²) in [5, 5.41) is 26.2. The molecular formula is C25H40N8O7P2. The molecule has 5 heterocycles. The molecule has 0 bridgehead atoms. The third kappa shape index (κ3) is 7.97. The number of anilines is 2. The molecule has 2 aliphatic rings. The third-order valence-electron chi connectivity index (χ3n) is 6.84. The van der Waals surface area contributed by atoms with E-state index in [4.69, 9.17) is 18.5 Å². The van der Waals surface area contributed by atoms with Crippen LogP contribution < -0.4 is 16.3 Å². The normalized spacial score (nSPS) is 25.4. The molecule has 17 heteroatoms.